The molecule has 4 aliphatic carbocycles. The molecular formula is C26H37F3O2. The molecule has 0 aromatic rings. The van der Waals surface area contributed by atoms with E-state index >= 15 is 0 Å². The first-order valence-corrected chi connectivity index (χ1v) is 11.8. The van der Waals surface area contributed by atoms with Crippen LogP contribution < -0.4 is 0 Å². The van der Waals surface area contributed by atoms with Gasteiger partial charge in [-0.15, -0.1) is 0 Å². The maximum absolute atomic E-state index is 12.7. The van der Waals surface area contributed by atoms with Gasteiger partial charge in [0.2, 0.25) is 0 Å². The van der Waals surface area contributed by atoms with E-state index in [-0.39, 0.29) is 16.7 Å². The lowest BCUT2D eigenvalue weighted by molar-refractivity contribution is -0.187. The Morgan fingerprint density at radius 3 is 2.39 bits per heavy atom. The van der Waals surface area contributed by atoms with E-state index in [2.05, 4.69) is 26.0 Å². The molecule has 0 bridgehead atoms. The van der Waals surface area contributed by atoms with Crippen molar-refractivity contribution in [2.45, 2.75) is 90.5 Å². The number of aliphatic hydroxyl groups excluding tert-OH is 1. The van der Waals surface area contributed by atoms with Crippen LogP contribution in [0, 0.1) is 34.5 Å². The smallest absolute Gasteiger partial charge is 0.390 e. The van der Waals surface area contributed by atoms with Gasteiger partial charge in [-0.2, -0.15) is 13.2 Å². The molecule has 0 radical (unpaired) electrons. The monoisotopic (exact) mass is 438 g/mol. The van der Waals surface area contributed by atoms with E-state index in [1.54, 1.807) is 0 Å². The second kappa shape index (κ2) is 7.48. The Bertz CT molecular complexity index is 808. The number of hydrogen-bond donors (Lipinski definition) is 2. The van der Waals surface area contributed by atoms with Crippen LogP contribution in [0.5, 0.6) is 0 Å². The molecule has 31 heavy (non-hydrogen) atoms. The van der Waals surface area contributed by atoms with Crippen LogP contribution in [0.3, 0.4) is 0 Å². The molecule has 0 aliphatic heterocycles. The average molecular weight is 439 g/mol. The second-order valence-electron chi connectivity index (χ2n) is 11.4. The molecule has 0 amide bonds. The normalized spacial score (nSPS) is 44.7. The fraction of sp³-hybridized carbons (Fsp3) is 0.769. The topological polar surface area (TPSA) is 40.5 Å². The zero-order valence-corrected chi connectivity index (χ0v) is 19.2. The zero-order chi connectivity index (χ0) is 22.8. The lowest BCUT2D eigenvalue weighted by Gasteiger charge is -2.58. The summed E-state index contributed by atoms with van der Waals surface area (Å²) in [6.45, 7) is 8.62. The van der Waals surface area contributed by atoms with Crippen LogP contribution in [-0.2, 0) is 0 Å². The first-order valence-electron chi connectivity index (χ1n) is 11.8. The molecule has 0 saturated heterocycles. The lowest BCUT2D eigenvalue weighted by atomic mass is 9.46. The molecule has 174 valence electrons. The van der Waals surface area contributed by atoms with E-state index in [9.17, 15) is 23.4 Å². The molecule has 0 spiro atoms. The average Bonchev–Trinajstić information content (AvgIpc) is 3.02. The highest BCUT2D eigenvalue weighted by molar-refractivity contribution is 5.33. The molecule has 4 aliphatic rings. The first kappa shape index (κ1) is 23.1. The zero-order valence-electron chi connectivity index (χ0n) is 19.2. The molecule has 0 heterocycles. The summed E-state index contributed by atoms with van der Waals surface area (Å²) < 4.78 is 38.1. The molecule has 0 aromatic carbocycles. The van der Waals surface area contributed by atoms with Gasteiger partial charge in [0.05, 0.1) is 5.60 Å². The summed E-state index contributed by atoms with van der Waals surface area (Å²) in [6, 6.07) is 0. The molecule has 2 fully saturated rings. The summed E-state index contributed by atoms with van der Waals surface area (Å²) in [5.41, 5.74) is 2.27. The quantitative estimate of drug-likeness (QED) is 0.504. The van der Waals surface area contributed by atoms with Crippen molar-refractivity contribution in [3.8, 4) is 0 Å². The molecule has 2 N–H and O–H groups in total. The number of halogens is 3. The third-order valence-electron chi connectivity index (χ3n) is 9.43. The summed E-state index contributed by atoms with van der Waals surface area (Å²) in [6.07, 6.45) is 6.98. The van der Waals surface area contributed by atoms with Crippen LogP contribution in [-0.4, -0.2) is 28.1 Å². The summed E-state index contributed by atoms with van der Waals surface area (Å²) in [5, 5.41) is 20.0. The van der Waals surface area contributed by atoms with Crippen molar-refractivity contribution in [3.63, 3.8) is 0 Å². The van der Waals surface area contributed by atoms with Crippen LogP contribution >= 0.6 is 0 Å². The fourth-order valence-electron chi connectivity index (χ4n) is 7.60. The molecule has 8 atom stereocenters. The third kappa shape index (κ3) is 3.84. The van der Waals surface area contributed by atoms with Crippen LogP contribution in [0.15, 0.2) is 35.5 Å². The van der Waals surface area contributed by atoms with Gasteiger partial charge in [-0.05, 0) is 86.4 Å². The summed E-state index contributed by atoms with van der Waals surface area (Å²) in [7, 11) is 0. The van der Waals surface area contributed by atoms with Crippen LogP contribution in [0.25, 0.3) is 0 Å². The van der Waals surface area contributed by atoms with E-state index in [1.807, 2.05) is 13.8 Å². The molecule has 4 rings (SSSR count). The minimum absolute atomic E-state index is 0.00989. The highest BCUT2D eigenvalue weighted by Crippen LogP contribution is 2.66. The van der Waals surface area contributed by atoms with Crippen molar-refractivity contribution < 1.29 is 23.4 Å². The number of hydrogen-bond acceptors (Lipinski definition) is 2. The largest absolute Gasteiger partial charge is 0.417 e. The maximum Gasteiger partial charge on any atom is 0.417 e. The molecule has 1 unspecified atom stereocenters. The van der Waals surface area contributed by atoms with E-state index < -0.39 is 17.9 Å². The second-order valence-corrected chi connectivity index (χ2v) is 11.4. The summed E-state index contributed by atoms with van der Waals surface area (Å²) in [4.78, 5) is 0. The standard InChI is InChI=1S/C26H37F3O2/c1-16(5-10-22(30)26(27,28)29)19-8-9-20-18-7-6-17-15-23(2,31)13-14-24(17,3)21(18)11-12-25(19,20)4/h5-6,8,10,16,18,20-22,30-31H,7,9,11-15H2,1-4H3/b10-5+/t16-,18+,20+,21+,22-,23+,24?,25-/m1/s1. The van der Waals surface area contributed by atoms with Crippen LogP contribution in [0.1, 0.15) is 72.6 Å². The van der Waals surface area contributed by atoms with Gasteiger partial charge in [-0.1, -0.05) is 56.2 Å². The van der Waals surface area contributed by atoms with E-state index in [0.29, 0.717) is 17.8 Å². The Balaban J connectivity index is 1.54. The molecular weight excluding hydrogens is 401 g/mol. The van der Waals surface area contributed by atoms with Gasteiger partial charge in [0.25, 0.3) is 0 Å². The van der Waals surface area contributed by atoms with Crippen molar-refractivity contribution in [1.82, 2.24) is 0 Å². The Labute approximate surface area is 184 Å². The number of fused-ring (bicyclic) bond motifs is 5. The number of aliphatic hydroxyl groups is 2. The van der Waals surface area contributed by atoms with Crippen molar-refractivity contribution in [2.24, 2.45) is 34.5 Å². The van der Waals surface area contributed by atoms with Crippen molar-refractivity contribution in [2.75, 3.05) is 0 Å². The fourth-order valence-corrected chi connectivity index (χ4v) is 7.60. The van der Waals surface area contributed by atoms with Gasteiger partial charge < -0.3 is 10.2 Å². The Morgan fingerprint density at radius 2 is 1.71 bits per heavy atom. The Kier molecular flexibility index (Phi) is 5.57. The number of rotatable bonds is 3. The Morgan fingerprint density at radius 1 is 1.00 bits per heavy atom. The van der Waals surface area contributed by atoms with E-state index in [0.717, 1.165) is 51.0 Å². The van der Waals surface area contributed by atoms with Gasteiger partial charge in [0, 0.05) is 0 Å². The minimum Gasteiger partial charge on any atom is -0.390 e. The van der Waals surface area contributed by atoms with Gasteiger partial charge in [0.15, 0.2) is 6.10 Å². The van der Waals surface area contributed by atoms with Gasteiger partial charge in [-0.25, -0.2) is 0 Å². The summed E-state index contributed by atoms with van der Waals surface area (Å²) in [5.74, 6) is 1.61. The Hall–Kier alpha value is -1.07. The van der Waals surface area contributed by atoms with Gasteiger partial charge >= 0.3 is 6.18 Å². The molecule has 0 aromatic heterocycles. The first-order chi connectivity index (χ1) is 14.3. The molecule has 2 saturated carbocycles. The highest BCUT2D eigenvalue weighted by atomic mass is 19.4. The molecule has 5 heteroatoms. The van der Waals surface area contributed by atoms with Crippen LogP contribution in [0.4, 0.5) is 13.2 Å². The number of alkyl halides is 3. The third-order valence-corrected chi connectivity index (χ3v) is 9.43. The lowest BCUT2D eigenvalue weighted by Crippen LogP contribution is -2.51. The van der Waals surface area contributed by atoms with Crippen molar-refractivity contribution >= 4 is 0 Å². The summed E-state index contributed by atoms with van der Waals surface area (Å²) >= 11 is 0. The SMILES string of the molecule is C[C@H](/C=C/[C@@H](O)C(F)(F)F)C1=CC[C@H]2[C@@H]3CC=C4C[C@@](C)(O)CCC4(C)[C@H]3CC[C@]12C. The van der Waals surface area contributed by atoms with Gasteiger partial charge in [-0.3, -0.25) is 0 Å². The van der Waals surface area contributed by atoms with Crippen LogP contribution in [0.2, 0.25) is 0 Å². The molecule has 2 nitrogen and oxygen atoms in total. The van der Waals surface area contributed by atoms with E-state index in [4.69, 9.17) is 0 Å². The van der Waals surface area contributed by atoms with Gasteiger partial charge in [0.1, 0.15) is 0 Å². The van der Waals surface area contributed by atoms with E-state index in [1.165, 1.54) is 17.2 Å². The number of allylic oxidation sites excluding steroid dienone is 4. The predicted octanol–water partition coefficient (Wildman–Crippen LogP) is 6.35. The van der Waals surface area contributed by atoms with Crippen molar-refractivity contribution in [3.05, 3.63) is 35.5 Å². The minimum atomic E-state index is -4.61. The maximum atomic E-state index is 12.7. The van der Waals surface area contributed by atoms with Crippen molar-refractivity contribution in [1.29, 1.82) is 0 Å². The highest BCUT2D eigenvalue weighted by Gasteiger charge is 2.57. The predicted molar refractivity (Wildman–Crippen MR) is 116 cm³/mol.